The largest absolute Gasteiger partial charge is 0.339 e. The van der Waals surface area contributed by atoms with Crippen LogP contribution in [-0.2, 0) is 17.6 Å². The zero-order valence-corrected chi connectivity index (χ0v) is 17.7. The number of carbonyl (C=O) groups is 1. The second-order valence-electron chi connectivity index (χ2n) is 6.99. The van der Waals surface area contributed by atoms with Gasteiger partial charge in [-0.2, -0.15) is 4.98 Å². The third kappa shape index (κ3) is 5.62. The van der Waals surface area contributed by atoms with E-state index in [1.54, 1.807) is 6.20 Å². The molecule has 3 rings (SSSR count). The third-order valence-electron chi connectivity index (χ3n) is 4.21. The van der Waals surface area contributed by atoms with Crippen LogP contribution in [-0.4, -0.2) is 21.0 Å². The molecule has 0 spiro atoms. The number of aryl methyl sites for hydroxylation is 2. The van der Waals surface area contributed by atoms with E-state index in [0.717, 1.165) is 27.4 Å². The summed E-state index contributed by atoms with van der Waals surface area (Å²) in [6, 6.07) is 6.04. The lowest BCUT2D eigenvalue weighted by Crippen LogP contribution is -2.11. The number of rotatable bonds is 8. The van der Waals surface area contributed by atoms with Crippen LogP contribution in [0, 0.1) is 6.92 Å². The van der Waals surface area contributed by atoms with Gasteiger partial charge in [-0.05, 0) is 30.5 Å². The van der Waals surface area contributed by atoms with Crippen LogP contribution in [0.25, 0.3) is 0 Å². The highest BCUT2D eigenvalue weighted by Gasteiger charge is 2.11. The van der Waals surface area contributed by atoms with Crippen LogP contribution in [0.3, 0.4) is 0 Å². The first-order valence-electron chi connectivity index (χ1n) is 9.22. The number of hydrogen-bond donors (Lipinski definition) is 1. The topological polar surface area (TPSA) is 80.9 Å². The third-order valence-corrected chi connectivity index (χ3v) is 5.53. The van der Waals surface area contributed by atoms with Crippen LogP contribution in [0.15, 0.2) is 28.9 Å². The summed E-state index contributed by atoms with van der Waals surface area (Å²) in [5.41, 5.74) is 2.18. The fourth-order valence-corrected chi connectivity index (χ4v) is 3.65. The van der Waals surface area contributed by atoms with E-state index in [9.17, 15) is 4.79 Å². The summed E-state index contributed by atoms with van der Waals surface area (Å²) in [4.78, 5) is 21.8. The van der Waals surface area contributed by atoms with Gasteiger partial charge in [0, 0.05) is 41.3 Å². The highest BCUT2D eigenvalue weighted by atomic mass is 35.5. The number of amides is 1. The first kappa shape index (κ1) is 20.5. The fourth-order valence-electron chi connectivity index (χ4n) is 2.58. The van der Waals surface area contributed by atoms with Crippen molar-refractivity contribution in [1.82, 2.24) is 15.1 Å². The number of nitrogens with one attached hydrogen (secondary N) is 1. The number of benzene rings is 1. The Labute approximate surface area is 173 Å². The van der Waals surface area contributed by atoms with Gasteiger partial charge in [-0.15, -0.1) is 11.3 Å². The van der Waals surface area contributed by atoms with Crippen molar-refractivity contribution < 1.29 is 9.32 Å². The molecule has 0 unspecified atom stereocenters. The molecular formula is C20H23ClN4O2S. The fraction of sp³-hybridized carbons (Fsp3) is 0.400. The molecule has 1 aromatic carbocycles. The Morgan fingerprint density at radius 1 is 1.36 bits per heavy atom. The molecule has 2 heterocycles. The van der Waals surface area contributed by atoms with Crippen molar-refractivity contribution in [1.29, 1.82) is 0 Å². The minimum absolute atomic E-state index is 0.0668. The number of anilines is 1. The lowest BCUT2D eigenvalue weighted by Gasteiger charge is -2.02. The number of halogens is 1. The van der Waals surface area contributed by atoms with Gasteiger partial charge >= 0.3 is 0 Å². The summed E-state index contributed by atoms with van der Waals surface area (Å²) in [6.45, 7) is 6.00. The van der Waals surface area contributed by atoms with Crippen LogP contribution < -0.4 is 5.32 Å². The van der Waals surface area contributed by atoms with Crippen molar-refractivity contribution in [3.63, 3.8) is 0 Å². The van der Waals surface area contributed by atoms with Gasteiger partial charge in [0.05, 0.1) is 0 Å². The Morgan fingerprint density at radius 2 is 2.18 bits per heavy atom. The van der Waals surface area contributed by atoms with E-state index >= 15 is 0 Å². The molecule has 0 bridgehead atoms. The maximum Gasteiger partial charge on any atom is 0.226 e. The first-order chi connectivity index (χ1) is 13.4. The van der Waals surface area contributed by atoms with Crippen molar-refractivity contribution >= 4 is 34.0 Å². The van der Waals surface area contributed by atoms with Gasteiger partial charge < -0.3 is 9.84 Å². The van der Waals surface area contributed by atoms with Crippen LogP contribution in [0.1, 0.15) is 60.3 Å². The number of nitrogens with zero attached hydrogens (tertiary/aromatic N) is 3. The van der Waals surface area contributed by atoms with E-state index in [1.807, 2.05) is 32.9 Å². The normalized spacial score (nSPS) is 11.2. The summed E-state index contributed by atoms with van der Waals surface area (Å²) >= 11 is 7.65. The Hall–Kier alpha value is -2.25. The van der Waals surface area contributed by atoms with Crippen molar-refractivity contribution in [3.05, 3.63) is 57.1 Å². The Balaban J connectivity index is 1.46. The van der Waals surface area contributed by atoms with Crippen LogP contribution in [0.2, 0.25) is 5.02 Å². The van der Waals surface area contributed by atoms with Gasteiger partial charge in [-0.1, -0.05) is 42.7 Å². The SMILES string of the molecule is Cc1ccc(Cc2cnc(NC(=O)CCCc3nc(C(C)C)no3)s2)cc1Cl. The quantitative estimate of drug-likeness (QED) is 0.546. The van der Waals surface area contributed by atoms with Crippen molar-refractivity contribution in [2.75, 3.05) is 5.32 Å². The second-order valence-corrected chi connectivity index (χ2v) is 8.52. The van der Waals surface area contributed by atoms with Crippen molar-refractivity contribution in [3.8, 4) is 0 Å². The minimum Gasteiger partial charge on any atom is -0.339 e. The lowest BCUT2D eigenvalue weighted by atomic mass is 10.1. The molecule has 28 heavy (non-hydrogen) atoms. The molecule has 0 saturated carbocycles. The molecule has 0 radical (unpaired) electrons. The molecule has 0 saturated heterocycles. The minimum atomic E-state index is -0.0668. The van der Waals surface area contributed by atoms with E-state index in [2.05, 4.69) is 26.5 Å². The molecule has 1 amide bonds. The monoisotopic (exact) mass is 418 g/mol. The van der Waals surface area contributed by atoms with Gasteiger partial charge in [-0.25, -0.2) is 4.98 Å². The molecule has 3 aromatic rings. The highest BCUT2D eigenvalue weighted by molar-refractivity contribution is 7.15. The van der Waals surface area contributed by atoms with E-state index in [4.69, 9.17) is 16.1 Å². The predicted octanol–water partition coefficient (Wildman–Crippen LogP) is 5.16. The molecule has 0 fully saturated rings. The van der Waals surface area contributed by atoms with Gasteiger partial charge in [0.15, 0.2) is 11.0 Å². The average molecular weight is 419 g/mol. The first-order valence-corrected chi connectivity index (χ1v) is 10.4. The summed E-state index contributed by atoms with van der Waals surface area (Å²) in [7, 11) is 0. The summed E-state index contributed by atoms with van der Waals surface area (Å²) < 4.78 is 5.19. The van der Waals surface area contributed by atoms with Crippen LogP contribution >= 0.6 is 22.9 Å². The number of aromatic nitrogens is 3. The van der Waals surface area contributed by atoms with Gasteiger partial charge in [0.2, 0.25) is 11.8 Å². The number of hydrogen-bond acceptors (Lipinski definition) is 6. The van der Waals surface area contributed by atoms with E-state index in [-0.39, 0.29) is 11.8 Å². The molecule has 0 aliphatic carbocycles. The summed E-state index contributed by atoms with van der Waals surface area (Å²) in [6.07, 6.45) is 4.14. The lowest BCUT2D eigenvalue weighted by molar-refractivity contribution is -0.116. The summed E-state index contributed by atoms with van der Waals surface area (Å²) in [5, 5.41) is 8.15. The molecule has 2 aromatic heterocycles. The van der Waals surface area contributed by atoms with E-state index in [1.165, 1.54) is 11.3 Å². The summed E-state index contributed by atoms with van der Waals surface area (Å²) in [5.74, 6) is 1.44. The standard InChI is InChI=1S/C20H23ClN4O2S/c1-12(2)19-24-18(27-25-19)6-4-5-17(26)23-20-22-11-15(28-20)9-14-8-7-13(3)16(21)10-14/h7-8,10-12H,4-6,9H2,1-3H3,(H,22,23,26). The zero-order chi connectivity index (χ0) is 20.1. The molecular weight excluding hydrogens is 396 g/mol. The van der Waals surface area contributed by atoms with E-state index < -0.39 is 0 Å². The average Bonchev–Trinajstić information content (AvgIpc) is 3.28. The molecule has 1 N–H and O–H groups in total. The highest BCUT2D eigenvalue weighted by Crippen LogP contribution is 2.24. The van der Waals surface area contributed by atoms with Crippen molar-refractivity contribution in [2.45, 2.75) is 52.4 Å². The molecule has 0 aliphatic rings. The maximum absolute atomic E-state index is 12.1. The maximum atomic E-state index is 12.1. The molecule has 148 valence electrons. The Kier molecular flexibility index (Phi) is 6.80. The second kappa shape index (κ2) is 9.30. The predicted molar refractivity (Wildman–Crippen MR) is 111 cm³/mol. The zero-order valence-electron chi connectivity index (χ0n) is 16.2. The molecule has 0 atom stereocenters. The van der Waals surface area contributed by atoms with Crippen LogP contribution in [0.4, 0.5) is 5.13 Å². The Bertz CT molecular complexity index is 951. The number of thiazole rings is 1. The van der Waals surface area contributed by atoms with Gasteiger partial charge in [0.1, 0.15) is 0 Å². The smallest absolute Gasteiger partial charge is 0.226 e. The van der Waals surface area contributed by atoms with Gasteiger partial charge in [0.25, 0.3) is 0 Å². The molecule has 6 nitrogen and oxygen atoms in total. The molecule has 0 aliphatic heterocycles. The van der Waals surface area contributed by atoms with E-state index in [0.29, 0.717) is 36.1 Å². The van der Waals surface area contributed by atoms with Crippen molar-refractivity contribution in [2.24, 2.45) is 0 Å². The Morgan fingerprint density at radius 3 is 2.89 bits per heavy atom. The molecule has 8 heteroatoms. The van der Waals surface area contributed by atoms with Crippen LogP contribution in [0.5, 0.6) is 0 Å². The number of carbonyl (C=O) groups excluding carboxylic acids is 1. The van der Waals surface area contributed by atoms with Gasteiger partial charge in [-0.3, -0.25) is 4.79 Å².